The van der Waals surface area contributed by atoms with Crippen molar-refractivity contribution < 1.29 is 14.3 Å². The monoisotopic (exact) mass is 362 g/mol. The molecule has 2 amide bonds. The number of amides is 2. The van der Waals surface area contributed by atoms with Gasteiger partial charge in [-0.15, -0.1) is 0 Å². The second-order valence-electron chi connectivity index (χ2n) is 7.04. The number of H-pyrrole nitrogens is 1. The maximum atomic E-state index is 12.3. The lowest BCUT2D eigenvalue weighted by molar-refractivity contribution is 0.0261. The van der Waals surface area contributed by atoms with Gasteiger partial charge in [-0.3, -0.25) is 9.36 Å². The van der Waals surface area contributed by atoms with Crippen molar-refractivity contribution in [1.82, 2.24) is 19.8 Å². The van der Waals surface area contributed by atoms with Gasteiger partial charge < -0.3 is 19.9 Å². The molecule has 26 heavy (non-hydrogen) atoms. The van der Waals surface area contributed by atoms with E-state index in [1.54, 1.807) is 25.2 Å². The summed E-state index contributed by atoms with van der Waals surface area (Å²) in [6.07, 6.45) is -0.405. The van der Waals surface area contributed by atoms with E-state index in [-0.39, 0.29) is 11.6 Å². The van der Waals surface area contributed by atoms with Gasteiger partial charge >= 0.3 is 11.8 Å². The van der Waals surface area contributed by atoms with Crippen LogP contribution in [0.3, 0.4) is 0 Å². The average Bonchev–Trinajstić information content (AvgIpc) is 2.83. The molecule has 0 fully saturated rings. The minimum Gasteiger partial charge on any atom is -0.444 e. The van der Waals surface area contributed by atoms with Crippen LogP contribution in [-0.4, -0.2) is 51.7 Å². The van der Waals surface area contributed by atoms with Gasteiger partial charge in [-0.05, 0) is 45.9 Å². The summed E-state index contributed by atoms with van der Waals surface area (Å²) in [7, 11) is 1.66. The Morgan fingerprint density at radius 2 is 2.00 bits per heavy atom. The number of hydrogen-bond donors (Lipinski definition) is 2. The van der Waals surface area contributed by atoms with Crippen LogP contribution in [-0.2, 0) is 11.8 Å². The van der Waals surface area contributed by atoms with Crippen molar-refractivity contribution in [2.75, 3.05) is 19.6 Å². The molecule has 0 aliphatic carbocycles. The summed E-state index contributed by atoms with van der Waals surface area (Å²) in [6, 6.07) is 5.02. The van der Waals surface area contributed by atoms with Gasteiger partial charge in [0.2, 0.25) is 0 Å². The quantitative estimate of drug-likeness (QED) is 0.848. The Morgan fingerprint density at radius 3 is 2.62 bits per heavy atom. The molecule has 0 spiro atoms. The van der Waals surface area contributed by atoms with E-state index in [2.05, 4.69) is 10.3 Å². The van der Waals surface area contributed by atoms with Crippen molar-refractivity contribution in [3.8, 4) is 0 Å². The smallest absolute Gasteiger partial charge is 0.410 e. The van der Waals surface area contributed by atoms with Gasteiger partial charge in [0.1, 0.15) is 5.60 Å². The number of benzene rings is 1. The molecule has 142 valence electrons. The molecule has 0 radical (unpaired) electrons. The SMILES string of the molecule is CCN(CCNC(=O)c1ccc2c(c1)[nH]c(=O)n2C)C(=O)OC(C)(C)C. The Hall–Kier alpha value is -2.77. The topological polar surface area (TPSA) is 96.4 Å². The third-order valence-electron chi connectivity index (χ3n) is 3.87. The van der Waals surface area contributed by atoms with E-state index in [1.165, 1.54) is 9.47 Å². The van der Waals surface area contributed by atoms with Crippen molar-refractivity contribution in [1.29, 1.82) is 0 Å². The fraction of sp³-hybridized carbons (Fsp3) is 0.500. The average molecular weight is 362 g/mol. The summed E-state index contributed by atoms with van der Waals surface area (Å²) < 4.78 is 6.82. The number of nitrogens with one attached hydrogen (secondary N) is 2. The fourth-order valence-electron chi connectivity index (χ4n) is 2.49. The Balaban J connectivity index is 1.95. The van der Waals surface area contributed by atoms with Crippen LogP contribution in [0.5, 0.6) is 0 Å². The summed E-state index contributed by atoms with van der Waals surface area (Å²) in [5.74, 6) is -0.267. The van der Waals surface area contributed by atoms with Crippen LogP contribution in [0.25, 0.3) is 11.0 Å². The van der Waals surface area contributed by atoms with Crippen molar-refractivity contribution >= 4 is 23.0 Å². The number of aryl methyl sites for hydroxylation is 1. The van der Waals surface area contributed by atoms with Gasteiger partial charge in [0.15, 0.2) is 0 Å². The minimum absolute atomic E-state index is 0.228. The third kappa shape index (κ3) is 4.65. The number of hydrogen-bond acceptors (Lipinski definition) is 4. The van der Waals surface area contributed by atoms with Crippen LogP contribution >= 0.6 is 0 Å². The molecule has 1 aromatic heterocycles. The molecule has 0 saturated heterocycles. The lowest BCUT2D eigenvalue weighted by Crippen LogP contribution is -2.41. The largest absolute Gasteiger partial charge is 0.444 e. The summed E-state index contributed by atoms with van der Waals surface area (Å²) in [5.41, 5.74) is 0.992. The Labute approximate surface area is 152 Å². The van der Waals surface area contributed by atoms with Crippen LogP contribution in [0.4, 0.5) is 4.79 Å². The number of imidazole rings is 1. The summed E-state index contributed by atoms with van der Waals surface area (Å²) in [6.45, 7) is 8.42. The Kier molecular flexibility index (Phi) is 5.74. The number of nitrogens with zero attached hydrogens (tertiary/aromatic N) is 2. The van der Waals surface area contributed by atoms with Crippen molar-refractivity contribution in [3.63, 3.8) is 0 Å². The molecule has 0 aliphatic heterocycles. The molecule has 8 nitrogen and oxygen atoms in total. The summed E-state index contributed by atoms with van der Waals surface area (Å²) in [5, 5.41) is 2.78. The molecular formula is C18H26N4O4. The van der Waals surface area contributed by atoms with Crippen molar-refractivity contribution in [2.24, 2.45) is 7.05 Å². The molecule has 0 atom stereocenters. The highest BCUT2D eigenvalue weighted by Gasteiger charge is 2.21. The molecule has 0 saturated carbocycles. The summed E-state index contributed by atoms with van der Waals surface area (Å²) >= 11 is 0. The van der Waals surface area contributed by atoms with Gasteiger partial charge in [0.25, 0.3) is 5.91 Å². The van der Waals surface area contributed by atoms with E-state index >= 15 is 0 Å². The molecule has 2 N–H and O–H groups in total. The van der Waals surface area contributed by atoms with Gasteiger partial charge in [0, 0.05) is 32.2 Å². The lowest BCUT2D eigenvalue weighted by atomic mass is 10.2. The first-order valence-electron chi connectivity index (χ1n) is 8.57. The number of aromatic amines is 1. The van der Waals surface area contributed by atoms with Crippen LogP contribution < -0.4 is 11.0 Å². The summed E-state index contributed by atoms with van der Waals surface area (Å²) in [4.78, 5) is 40.2. The zero-order valence-electron chi connectivity index (χ0n) is 15.9. The number of likely N-dealkylation sites (N-methyl/N-ethyl adjacent to an activating group) is 1. The van der Waals surface area contributed by atoms with Gasteiger partial charge in [-0.1, -0.05) is 0 Å². The number of aromatic nitrogens is 2. The first kappa shape index (κ1) is 19.6. The number of carbonyl (C=O) groups is 2. The molecule has 0 bridgehead atoms. The molecule has 8 heteroatoms. The van der Waals surface area contributed by atoms with Gasteiger partial charge in [0.05, 0.1) is 11.0 Å². The number of carbonyl (C=O) groups excluding carboxylic acids is 2. The Bertz CT molecular complexity index is 860. The van der Waals surface area contributed by atoms with Crippen LogP contribution in [0.15, 0.2) is 23.0 Å². The van der Waals surface area contributed by atoms with Gasteiger partial charge in [-0.2, -0.15) is 0 Å². The fourth-order valence-corrected chi connectivity index (χ4v) is 2.49. The highest BCUT2D eigenvalue weighted by Crippen LogP contribution is 2.12. The van der Waals surface area contributed by atoms with E-state index < -0.39 is 11.7 Å². The first-order chi connectivity index (χ1) is 12.1. The highest BCUT2D eigenvalue weighted by atomic mass is 16.6. The van der Waals surface area contributed by atoms with Gasteiger partial charge in [-0.25, -0.2) is 9.59 Å². The second-order valence-corrected chi connectivity index (χ2v) is 7.04. The number of rotatable bonds is 5. The second kappa shape index (κ2) is 7.63. The van der Waals surface area contributed by atoms with Crippen LogP contribution in [0.2, 0.25) is 0 Å². The van der Waals surface area contributed by atoms with E-state index in [1.807, 2.05) is 27.7 Å². The van der Waals surface area contributed by atoms with E-state index in [0.29, 0.717) is 30.7 Å². The maximum absolute atomic E-state index is 12.3. The molecule has 0 unspecified atom stereocenters. The van der Waals surface area contributed by atoms with E-state index in [0.717, 1.165) is 5.52 Å². The van der Waals surface area contributed by atoms with E-state index in [4.69, 9.17) is 4.74 Å². The Morgan fingerprint density at radius 1 is 1.31 bits per heavy atom. The maximum Gasteiger partial charge on any atom is 0.410 e. The predicted molar refractivity (Wildman–Crippen MR) is 99.4 cm³/mol. The molecule has 1 heterocycles. The highest BCUT2D eigenvalue weighted by molar-refractivity contribution is 5.97. The molecule has 2 rings (SSSR count). The zero-order chi connectivity index (χ0) is 19.5. The lowest BCUT2D eigenvalue weighted by Gasteiger charge is -2.26. The molecular weight excluding hydrogens is 336 g/mol. The predicted octanol–water partition coefficient (Wildman–Crippen LogP) is 1.85. The zero-order valence-corrected chi connectivity index (χ0v) is 15.9. The molecule has 1 aromatic carbocycles. The number of ether oxygens (including phenoxy) is 1. The number of fused-ring (bicyclic) bond motifs is 1. The normalized spacial score (nSPS) is 11.4. The first-order valence-corrected chi connectivity index (χ1v) is 8.57. The standard InChI is InChI=1S/C18H26N4O4/c1-6-22(17(25)26-18(2,3)4)10-9-19-15(23)12-7-8-14-13(11-12)20-16(24)21(14)5/h7-8,11H,6,9-10H2,1-5H3,(H,19,23)(H,20,24). The van der Waals surface area contributed by atoms with Crippen LogP contribution in [0, 0.1) is 0 Å². The van der Waals surface area contributed by atoms with E-state index in [9.17, 15) is 14.4 Å². The molecule has 0 aliphatic rings. The van der Waals surface area contributed by atoms with Crippen molar-refractivity contribution in [3.05, 3.63) is 34.2 Å². The molecule has 2 aromatic rings. The van der Waals surface area contributed by atoms with Crippen LogP contribution in [0.1, 0.15) is 38.1 Å². The third-order valence-corrected chi connectivity index (χ3v) is 3.87. The van der Waals surface area contributed by atoms with Crippen molar-refractivity contribution in [2.45, 2.75) is 33.3 Å². The minimum atomic E-state index is -0.560.